The van der Waals surface area contributed by atoms with Gasteiger partial charge in [0.25, 0.3) is 0 Å². The molecule has 0 saturated heterocycles. The first-order valence-electron chi connectivity index (χ1n) is 4.93. The van der Waals surface area contributed by atoms with Crippen molar-refractivity contribution >= 4 is 5.97 Å². The Morgan fingerprint density at radius 2 is 1.80 bits per heavy atom. The zero-order chi connectivity index (χ0) is 12.1. The van der Waals surface area contributed by atoms with Crippen molar-refractivity contribution in [3.05, 3.63) is 0 Å². The number of aliphatic hydroxyl groups is 3. The molecule has 0 aromatic rings. The van der Waals surface area contributed by atoms with Crippen molar-refractivity contribution in [3.63, 3.8) is 0 Å². The van der Waals surface area contributed by atoms with Crippen LogP contribution in [-0.2, 0) is 9.53 Å². The predicted octanol–water partition coefficient (Wildman–Crippen LogP) is -0.178. The van der Waals surface area contributed by atoms with Crippen molar-refractivity contribution in [1.82, 2.24) is 0 Å². The van der Waals surface area contributed by atoms with Gasteiger partial charge in [0.2, 0.25) is 0 Å². The molecule has 15 heavy (non-hydrogen) atoms. The van der Waals surface area contributed by atoms with Gasteiger partial charge in [-0.2, -0.15) is 0 Å². The highest BCUT2D eigenvalue weighted by Crippen LogP contribution is 2.11. The van der Waals surface area contributed by atoms with Gasteiger partial charge in [0, 0.05) is 6.42 Å². The molecule has 0 unspecified atom stereocenters. The van der Waals surface area contributed by atoms with Crippen LogP contribution in [0.25, 0.3) is 0 Å². The van der Waals surface area contributed by atoms with Crippen LogP contribution >= 0.6 is 0 Å². The molecule has 0 amide bonds. The second-order valence-electron chi connectivity index (χ2n) is 4.52. The summed E-state index contributed by atoms with van der Waals surface area (Å²) in [5, 5.41) is 26.9. The molecule has 0 fully saturated rings. The number of carbonyl (C=O) groups excluding carboxylic acids is 1. The number of ether oxygens (including phenoxy) is 1. The normalized spacial score (nSPS) is 15.9. The molecule has 0 aliphatic carbocycles. The molecule has 5 nitrogen and oxygen atoms in total. The molecule has 3 N–H and O–H groups in total. The highest BCUT2D eigenvalue weighted by atomic mass is 16.6. The molecule has 0 spiro atoms. The van der Waals surface area contributed by atoms with Gasteiger partial charge in [-0.1, -0.05) is 0 Å². The Balaban J connectivity index is 3.87. The molecule has 0 rings (SSSR count). The third-order valence-corrected chi connectivity index (χ3v) is 1.58. The molecule has 0 bridgehead atoms. The van der Waals surface area contributed by atoms with Crippen molar-refractivity contribution in [1.29, 1.82) is 0 Å². The smallest absolute Gasteiger partial charge is 0.308 e. The van der Waals surface area contributed by atoms with Crippen LogP contribution in [0.3, 0.4) is 0 Å². The van der Waals surface area contributed by atoms with Gasteiger partial charge < -0.3 is 20.1 Å². The van der Waals surface area contributed by atoms with Crippen molar-refractivity contribution < 1.29 is 24.9 Å². The fourth-order valence-electron chi connectivity index (χ4n) is 1.05. The summed E-state index contributed by atoms with van der Waals surface area (Å²) in [6.07, 6.45) is -2.19. The van der Waals surface area contributed by atoms with Crippen LogP contribution in [0.2, 0.25) is 0 Å². The Kier molecular flexibility index (Phi) is 5.79. The monoisotopic (exact) mass is 220 g/mol. The van der Waals surface area contributed by atoms with Gasteiger partial charge in [-0.25, -0.2) is 0 Å². The minimum atomic E-state index is -0.998. The van der Waals surface area contributed by atoms with Crippen LogP contribution in [-0.4, -0.2) is 45.7 Å². The highest BCUT2D eigenvalue weighted by Gasteiger charge is 2.20. The Morgan fingerprint density at radius 3 is 2.20 bits per heavy atom. The van der Waals surface area contributed by atoms with E-state index in [1.165, 1.54) is 0 Å². The number of carbonyl (C=O) groups is 1. The second-order valence-corrected chi connectivity index (χ2v) is 4.52. The summed E-state index contributed by atoms with van der Waals surface area (Å²) < 4.78 is 4.98. The average Bonchev–Trinajstić information content (AvgIpc) is 1.99. The largest absolute Gasteiger partial charge is 0.460 e. The number of aliphatic hydroxyl groups excluding tert-OH is 3. The Morgan fingerprint density at radius 1 is 1.27 bits per heavy atom. The van der Waals surface area contributed by atoms with Crippen molar-refractivity contribution in [2.75, 3.05) is 6.61 Å². The fraction of sp³-hybridized carbons (Fsp3) is 0.900. The highest BCUT2D eigenvalue weighted by molar-refractivity contribution is 5.70. The summed E-state index contributed by atoms with van der Waals surface area (Å²) in [7, 11) is 0. The van der Waals surface area contributed by atoms with E-state index < -0.39 is 30.4 Å². The van der Waals surface area contributed by atoms with Crippen LogP contribution in [0.4, 0.5) is 0 Å². The van der Waals surface area contributed by atoms with E-state index in [4.69, 9.17) is 14.9 Å². The first kappa shape index (κ1) is 14.3. The minimum absolute atomic E-state index is 0.0320. The number of esters is 1. The zero-order valence-corrected chi connectivity index (χ0v) is 9.43. The van der Waals surface area contributed by atoms with Crippen LogP contribution in [0, 0.1) is 0 Å². The standard InChI is InChI=1S/C10H20O5/c1-10(2,3)15-9(14)5-7(12)4-8(13)6-11/h7-8,11-13H,4-6H2,1-3H3/t7-,8-/m1/s1. The quantitative estimate of drug-likeness (QED) is 0.560. The van der Waals surface area contributed by atoms with Crippen LogP contribution < -0.4 is 0 Å². The Bertz CT molecular complexity index is 196. The van der Waals surface area contributed by atoms with E-state index in [-0.39, 0.29) is 12.8 Å². The Hall–Kier alpha value is -0.650. The lowest BCUT2D eigenvalue weighted by Crippen LogP contribution is -2.28. The SMILES string of the molecule is CC(C)(C)OC(=O)C[C@H](O)C[C@@H](O)CO. The van der Waals surface area contributed by atoms with E-state index in [0.717, 1.165) is 0 Å². The fourth-order valence-corrected chi connectivity index (χ4v) is 1.05. The maximum atomic E-state index is 11.2. The molecule has 0 radical (unpaired) electrons. The van der Waals surface area contributed by atoms with Gasteiger partial charge in [0.05, 0.1) is 25.2 Å². The molecular weight excluding hydrogens is 200 g/mol. The van der Waals surface area contributed by atoms with Crippen LogP contribution in [0.5, 0.6) is 0 Å². The summed E-state index contributed by atoms with van der Waals surface area (Å²) >= 11 is 0. The molecule has 0 aromatic heterocycles. The van der Waals surface area contributed by atoms with Crippen molar-refractivity contribution in [2.45, 2.75) is 51.4 Å². The average molecular weight is 220 g/mol. The molecule has 0 aromatic carbocycles. The van der Waals surface area contributed by atoms with Gasteiger partial charge in [-0.05, 0) is 20.8 Å². The van der Waals surface area contributed by atoms with Gasteiger partial charge in [0.15, 0.2) is 0 Å². The van der Waals surface area contributed by atoms with Gasteiger partial charge in [-0.15, -0.1) is 0 Å². The summed E-state index contributed by atoms with van der Waals surface area (Å²) in [5.74, 6) is -0.514. The van der Waals surface area contributed by atoms with E-state index in [2.05, 4.69) is 0 Å². The zero-order valence-electron chi connectivity index (χ0n) is 9.43. The molecule has 90 valence electrons. The van der Waals surface area contributed by atoms with Crippen LogP contribution in [0.1, 0.15) is 33.6 Å². The summed E-state index contributed by atoms with van der Waals surface area (Å²) in [4.78, 5) is 11.2. The third kappa shape index (κ3) is 8.35. The minimum Gasteiger partial charge on any atom is -0.460 e. The summed E-state index contributed by atoms with van der Waals surface area (Å²) in [6.45, 7) is 4.78. The lowest BCUT2D eigenvalue weighted by Gasteiger charge is -2.21. The van der Waals surface area contributed by atoms with Crippen molar-refractivity contribution in [2.24, 2.45) is 0 Å². The second kappa shape index (κ2) is 6.05. The number of hydrogen-bond donors (Lipinski definition) is 3. The molecule has 0 heterocycles. The maximum Gasteiger partial charge on any atom is 0.308 e. The summed E-state index contributed by atoms with van der Waals surface area (Å²) in [6, 6.07) is 0. The molecule has 0 saturated carbocycles. The number of rotatable bonds is 5. The van der Waals surface area contributed by atoms with E-state index >= 15 is 0 Å². The molecule has 0 aliphatic rings. The van der Waals surface area contributed by atoms with E-state index in [1.54, 1.807) is 20.8 Å². The molecule has 2 atom stereocenters. The first-order valence-corrected chi connectivity index (χ1v) is 4.93. The van der Waals surface area contributed by atoms with E-state index in [0.29, 0.717) is 0 Å². The van der Waals surface area contributed by atoms with E-state index in [1.807, 2.05) is 0 Å². The number of hydrogen-bond acceptors (Lipinski definition) is 5. The van der Waals surface area contributed by atoms with Crippen LogP contribution in [0.15, 0.2) is 0 Å². The predicted molar refractivity (Wildman–Crippen MR) is 54.2 cm³/mol. The lowest BCUT2D eigenvalue weighted by molar-refractivity contribution is -0.157. The topological polar surface area (TPSA) is 87.0 Å². The summed E-state index contributed by atoms with van der Waals surface area (Å²) in [5.41, 5.74) is -0.577. The third-order valence-electron chi connectivity index (χ3n) is 1.58. The van der Waals surface area contributed by atoms with Crippen molar-refractivity contribution in [3.8, 4) is 0 Å². The van der Waals surface area contributed by atoms with Gasteiger partial charge >= 0.3 is 5.97 Å². The Labute approximate surface area is 89.7 Å². The molecule has 0 aliphatic heterocycles. The van der Waals surface area contributed by atoms with Gasteiger partial charge in [0.1, 0.15) is 5.60 Å². The molecular formula is C10H20O5. The lowest BCUT2D eigenvalue weighted by atomic mass is 10.1. The van der Waals surface area contributed by atoms with Gasteiger partial charge in [-0.3, -0.25) is 4.79 Å². The maximum absolute atomic E-state index is 11.2. The molecule has 5 heteroatoms. The first-order chi connectivity index (χ1) is 6.74. The van der Waals surface area contributed by atoms with E-state index in [9.17, 15) is 9.90 Å².